The zero-order valence-corrected chi connectivity index (χ0v) is 19.9. The summed E-state index contributed by atoms with van der Waals surface area (Å²) < 4.78 is 16.5. The van der Waals surface area contributed by atoms with Gasteiger partial charge in [-0.3, -0.25) is 14.6 Å². The van der Waals surface area contributed by atoms with Crippen LogP contribution in [0.2, 0.25) is 0 Å². The molecule has 1 amide bonds. The third-order valence-corrected chi connectivity index (χ3v) is 6.32. The first-order valence-corrected chi connectivity index (χ1v) is 12.0. The van der Waals surface area contributed by atoms with Crippen LogP contribution in [-0.4, -0.2) is 91.3 Å². The largest absolute Gasteiger partial charge is 0.447 e. The van der Waals surface area contributed by atoms with Crippen molar-refractivity contribution in [3.05, 3.63) is 53.2 Å². The van der Waals surface area contributed by atoms with Crippen molar-refractivity contribution >= 4 is 5.91 Å². The third-order valence-electron chi connectivity index (χ3n) is 6.32. The van der Waals surface area contributed by atoms with Crippen LogP contribution in [0.3, 0.4) is 0 Å². The Balaban J connectivity index is 1.41. The SMILES string of the molecule is CC(C)c1ccc(CN(CCN2CCOCC2)Cc2nc(C(=O)N3CCOCC3)co2)cc1. The quantitative estimate of drug-likeness (QED) is 0.574. The lowest BCUT2D eigenvalue weighted by molar-refractivity contribution is 0.0299. The fraction of sp³-hybridized carbons (Fsp3) is 0.600. The molecule has 180 valence electrons. The van der Waals surface area contributed by atoms with Crippen LogP contribution in [0, 0.1) is 0 Å². The Morgan fingerprint density at radius 3 is 2.33 bits per heavy atom. The Bertz CT molecular complexity index is 871. The first-order chi connectivity index (χ1) is 16.1. The number of ether oxygens (including phenoxy) is 2. The Morgan fingerprint density at radius 1 is 1.00 bits per heavy atom. The van der Waals surface area contributed by atoms with E-state index in [9.17, 15) is 4.79 Å². The van der Waals surface area contributed by atoms with E-state index in [1.807, 2.05) is 0 Å². The molecule has 0 saturated carbocycles. The molecule has 2 saturated heterocycles. The molecule has 8 nitrogen and oxygen atoms in total. The van der Waals surface area contributed by atoms with Gasteiger partial charge in [-0.25, -0.2) is 4.98 Å². The van der Waals surface area contributed by atoms with Crippen molar-refractivity contribution in [1.29, 1.82) is 0 Å². The Kier molecular flexibility index (Phi) is 8.50. The van der Waals surface area contributed by atoms with Crippen molar-refractivity contribution in [1.82, 2.24) is 19.7 Å². The van der Waals surface area contributed by atoms with Crippen LogP contribution in [0.15, 0.2) is 34.9 Å². The van der Waals surface area contributed by atoms with Crippen molar-refractivity contribution < 1.29 is 18.7 Å². The van der Waals surface area contributed by atoms with Crippen molar-refractivity contribution in [3.8, 4) is 0 Å². The predicted octanol–water partition coefficient (Wildman–Crippen LogP) is 2.60. The lowest BCUT2D eigenvalue weighted by Gasteiger charge is -2.29. The van der Waals surface area contributed by atoms with Gasteiger partial charge in [-0.05, 0) is 17.0 Å². The van der Waals surface area contributed by atoms with E-state index >= 15 is 0 Å². The average molecular weight is 457 g/mol. The minimum atomic E-state index is -0.0857. The number of hydrogen-bond donors (Lipinski definition) is 0. The van der Waals surface area contributed by atoms with Gasteiger partial charge in [0.25, 0.3) is 5.91 Å². The molecule has 0 unspecified atom stereocenters. The van der Waals surface area contributed by atoms with Crippen molar-refractivity contribution in [2.75, 3.05) is 65.7 Å². The number of rotatable bonds is 9. The molecule has 0 spiro atoms. The molecular formula is C25H36N4O4. The molecule has 4 rings (SSSR count). The first kappa shape index (κ1) is 23.9. The van der Waals surface area contributed by atoms with Gasteiger partial charge in [-0.1, -0.05) is 38.1 Å². The fourth-order valence-electron chi connectivity index (χ4n) is 4.19. The van der Waals surface area contributed by atoms with E-state index in [1.165, 1.54) is 17.4 Å². The zero-order valence-electron chi connectivity index (χ0n) is 19.9. The Hall–Kier alpha value is -2.26. The summed E-state index contributed by atoms with van der Waals surface area (Å²) >= 11 is 0. The Morgan fingerprint density at radius 2 is 1.67 bits per heavy atom. The van der Waals surface area contributed by atoms with E-state index in [4.69, 9.17) is 13.9 Å². The van der Waals surface area contributed by atoms with Crippen molar-refractivity contribution in [3.63, 3.8) is 0 Å². The number of carbonyl (C=O) groups is 1. The number of morpholine rings is 2. The maximum Gasteiger partial charge on any atom is 0.275 e. The van der Waals surface area contributed by atoms with Gasteiger partial charge < -0.3 is 18.8 Å². The van der Waals surface area contributed by atoms with E-state index in [1.54, 1.807) is 4.90 Å². The summed E-state index contributed by atoms with van der Waals surface area (Å²) in [7, 11) is 0. The minimum Gasteiger partial charge on any atom is -0.447 e. The lowest BCUT2D eigenvalue weighted by Crippen LogP contribution is -2.41. The zero-order chi connectivity index (χ0) is 23.0. The molecule has 0 atom stereocenters. The predicted molar refractivity (Wildman–Crippen MR) is 125 cm³/mol. The van der Waals surface area contributed by atoms with E-state index < -0.39 is 0 Å². The molecule has 2 aromatic rings. The summed E-state index contributed by atoms with van der Waals surface area (Å²) in [5.41, 5.74) is 2.98. The molecule has 2 aliphatic heterocycles. The average Bonchev–Trinajstić information content (AvgIpc) is 3.32. The highest BCUT2D eigenvalue weighted by Gasteiger charge is 2.22. The van der Waals surface area contributed by atoms with Crippen LogP contribution >= 0.6 is 0 Å². The van der Waals surface area contributed by atoms with Gasteiger partial charge in [0.15, 0.2) is 5.69 Å². The van der Waals surface area contributed by atoms with Gasteiger partial charge in [-0.2, -0.15) is 0 Å². The molecule has 3 heterocycles. The van der Waals surface area contributed by atoms with Crippen LogP contribution in [0.5, 0.6) is 0 Å². The molecule has 2 aliphatic rings. The number of aromatic nitrogens is 1. The van der Waals surface area contributed by atoms with Crippen LogP contribution in [-0.2, 0) is 22.6 Å². The lowest BCUT2D eigenvalue weighted by atomic mass is 10.0. The molecule has 8 heteroatoms. The molecule has 0 aliphatic carbocycles. The number of hydrogen-bond acceptors (Lipinski definition) is 7. The number of benzene rings is 1. The van der Waals surface area contributed by atoms with Crippen LogP contribution in [0.4, 0.5) is 0 Å². The highest BCUT2D eigenvalue weighted by Crippen LogP contribution is 2.17. The summed E-state index contributed by atoms with van der Waals surface area (Å²) in [6, 6.07) is 8.84. The maximum absolute atomic E-state index is 12.7. The number of carbonyl (C=O) groups excluding carboxylic acids is 1. The summed E-state index contributed by atoms with van der Waals surface area (Å²) in [4.78, 5) is 23.8. The smallest absolute Gasteiger partial charge is 0.275 e. The van der Waals surface area contributed by atoms with Gasteiger partial charge in [-0.15, -0.1) is 0 Å². The molecule has 0 bridgehead atoms. The normalized spacial score (nSPS) is 17.8. The summed E-state index contributed by atoms with van der Waals surface area (Å²) in [6.07, 6.45) is 1.49. The maximum atomic E-state index is 12.7. The first-order valence-electron chi connectivity index (χ1n) is 12.0. The molecule has 33 heavy (non-hydrogen) atoms. The van der Waals surface area contributed by atoms with Crippen molar-refractivity contribution in [2.45, 2.75) is 32.9 Å². The fourth-order valence-corrected chi connectivity index (χ4v) is 4.19. The van der Waals surface area contributed by atoms with Crippen LogP contribution in [0.25, 0.3) is 0 Å². The number of amides is 1. The number of nitrogens with zero attached hydrogens (tertiary/aromatic N) is 4. The highest BCUT2D eigenvalue weighted by molar-refractivity contribution is 5.92. The van der Waals surface area contributed by atoms with E-state index in [0.717, 1.165) is 45.9 Å². The minimum absolute atomic E-state index is 0.0857. The van der Waals surface area contributed by atoms with Crippen LogP contribution in [0.1, 0.15) is 47.3 Å². The summed E-state index contributed by atoms with van der Waals surface area (Å²) in [5, 5.41) is 0. The monoisotopic (exact) mass is 456 g/mol. The van der Waals surface area contributed by atoms with E-state index in [-0.39, 0.29) is 5.91 Å². The van der Waals surface area contributed by atoms with Gasteiger partial charge in [0.2, 0.25) is 5.89 Å². The summed E-state index contributed by atoms with van der Waals surface area (Å²) in [6.45, 7) is 13.5. The highest BCUT2D eigenvalue weighted by atomic mass is 16.5. The molecule has 1 aromatic heterocycles. The second-order valence-electron chi connectivity index (χ2n) is 9.09. The molecule has 0 radical (unpaired) electrons. The van der Waals surface area contributed by atoms with E-state index in [0.29, 0.717) is 50.4 Å². The molecule has 2 fully saturated rings. The summed E-state index contributed by atoms with van der Waals surface area (Å²) in [5.74, 6) is 1.01. The van der Waals surface area contributed by atoms with Crippen molar-refractivity contribution in [2.24, 2.45) is 0 Å². The topological polar surface area (TPSA) is 71.3 Å². The van der Waals surface area contributed by atoms with E-state index in [2.05, 4.69) is 52.9 Å². The number of oxazole rings is 1. The van der Waals surface area contributed by atoms with Gasteiger partial charge in [0, 0.05) is 45.8 Å². The second-order valence-corrected chi connectivity index (χ2v) is 9.09. The third kappa shape index (κ3) is 6.86. The van der Waals surface area contributed by atoms with Crippen LogP contribution < -0.4 is 0 Å². The molecule has 0 N–H and O–H groups in total. The van der Waals surface area contributed by atoms with Gasteiger partial charge >= 0.3 is 0 Å². The molecule has 1 aromatic carbocycles. The van der Waals surface area contributed by atoms with Gasteiger partial charge in [0.05, 0.1) is 33.0 Å². The Labute approximate surface area is 196 Å². The second kappa shape index (κ2) is 11.7. The standard InChI is InChI=1S/C25H36N4O4/c1-20(2)22-5-3-21(4-6-22)17-28(8-7-27-9-13-31-14-10-27)18-24-26-23(19-33-24)25(30)29-11-15-32-16-12-29/h3-6,19-20H,7-18H2,1-2H3. The molecular weight excluding hydrogens is 420 g/mol. The van der Waals surface area contributed by atoms with Gasteiger partial charge in [0.1, 0.15) is 6.26 Å².